The fourth-order valence-corrected chi connectivity index (χ4v) is 3.93. The second-order valence-electron chi connectivity index (χ2n) is 9.10. The van der Waals surface area contributed by atoms with Crippen LogP contribution in [0.2, 0.25) is 0 Å². The van der Waals surface area contributed by atoms with E-state index in [4.69, 9.17) is 0 Å². The maximum absolute atomic E-state index is 12.0. The topological polar surface area (TPSA) is 209 Å². The van der Waals surface area contributed by atoms with E-state index >= 15 is 0 Å². The normalized spacial score (nSPS) is 10.0. The summed E-state index contributed by atoms with van der Waals surface area (Å²) in [5.74, 6) is -0.735. The Morgan fingerprint density at radius 3 is 1.25 bits per heavy atom. The van der Waals surface area contributed by atoms with Gasteiger partial charge in [0.25, 0.3) is 11.4 Å². The van der Waals surface area contributed by atoms with Crippen molar-refractivity contribution in [2.24, 2.45) is 0 Å². The molecule has 0 heterocycles. The number of phenols is 2. The van der Waals surface area contributed by atoms with Crippen LogP contribution in [0.5, 0.6) is 11.5 Å². The molecule has 0 aliphatic rings. The van der Waals surface area contributed by atoms with Gasteiger partial charge in [0, 0.05) is 23.5 Å². The number of phenolic OH excluding ortho intramolecular Hbond substituents is 2. The third-order valence-electron chi connectivity index (χ3n) is 6.17. The number of aryl methyl sites for hydroxylation is 2. The number of carbonyl (C=O) groups excluding carboxylic acids is 2. The zero-order chi connectivity index (χ0) is 32.2. The average Bonchev–Trinajstić information content (AvgIpc) is 3.00. The van der Waals surface area contributed by atoms with Crippen molar-refractivity contribution in [2.75, 3.05) is 21.3 Å². The number of carbonyl (C=O) groups is 2. The first-order valence-electron chi connectivity index (χ1n) is 13.3. The third-order valence-corrected chi connectivity index (χ3v) is 6.17. The molecule has 0 fully saturated rings. The number of rotatable bonds is 8. The summed E-state index contributed by atoms with van der Waals surface area (Å²) in [6.45, 7) is 3.95. The highest BCUT2D eigenvalue weighted by molar-refractivity contribution is 6.02. The van der Waals surface area contributed by atoms with E-state index in [0.29, 0.717) is 11.4 Å². The molecule has 0 saturated carbocycles. The van der Waals surface area contributed by atoms with Gasteiger partial charge < -0.3 is 31.5 Å². The van der Waals surface area contributed by atoms with Crippen LogP contribution >= 0.6 is 0 Å². The van der Waals surface area contributed by atoms with Crippen molar-refractivity contribution in [1.82, 2.24) is 0 Å². The highest BCUT2D eigenvalue weighted by Crippen LogP contribution is 2.29. The number of nitro groups is 2. The Bertz CT molecular complexity index is 1550. The van der Waals surface area contributed by atoms with Gasteiger partial charge in [0.05, 0.1) is 33.4 Å². The summed E-state index contributed by atoms with van der Waals surface area (Å²) in [4.78, 5) is 43.8. The molecule has 0 radical (unpaired) electrons. The summed E-state index contributed by atoms with van der Waals surface area (Å²) in [6.07, 6.45) is 1.53. The quantitative estimate of drug-likeness (QED) is 0.0699. The van der Waals surface area contributed by atoms with Gasteiger partial charge in [-0.25, -0.2) is 9.59 Å². The summed E-state index contributed by atoms with van der Waals surface area (Å²) in [6, 6.07) is 20.6. The molecule has 6 N–H and O–H groups in total. The SMILES string of the molecule is CCc1ccccc1NC(=O)Nc1ccc([N+](=O)[O-])cc1O.CCc1ccccc1NC(=O)Nc1ccc([N+](=O)[O-])cc1O. The van der Waals surface area contributed by atoms with E-state index in [-0.39, 0.29) is 34.2 Å². The molecule has 228 valence electrons. The molecular formula is C30H30N6O8. The Kier molecular flexibility index (Phi) is 11.1. The second-order valence-corrected chi connectivity index (χ2v) is 9.10. The number of nitro benzene ring substituents is 2. The summed E-state index contributed by atoms with van der Waals surface area (Å²) in [7, 11) is 0. The van der Waals surface area contributed by atoms with E-state index in [1.54, 1.807) is 24.3 Å². The lowest BCUT2D eigenvalue weighted by Crippen LogP contribution is -2.20. The molecule has 14 nitrogen and oxygen atoms in total. The molecule has 0 aromatic heterocycles. The van der Waals surface area contributed by atoms with Crippen molar-refractivity contribution in [2.45, 2.75) is 26.7 Å². The van der Waals surface area contributed by atoms with E-state index in [1.807, 2.05) is 38.1 Å². The molecule has 4 rings (SSSR count). The van der Waals surface area contributed by atoms with Gasteiger partial charge in [0.2, 0.25) is 0 Å². The smallest absolute Gasteiger partial charge is 0.323 e. The number of anilines is 4. The van der Waals surface area contributed by atoms with Crippen molar-refractivity contribution < 1.29 is 29.6 Å². The summed E-state index contributed by atoms with van der Waals surface area (Å²) >= 11 is 0. The number of nitrogens with one attached hydrogen (secondary N) is 4. The van der Waals surface area contributed by atoms with Gasteiger partial charge in [-0.2, -0.15) is 0 Å². The number of nitrogens with zero attached hydrogens (tertiary/aromatic N) is 2. The minimum absolute atomic E-state index is 0.0945. The predicted octanol–water partition coefficient (Wildman–Crippen LogP) is 7.01. The van der Waals surface area contributed by atoms with Crippen LogP contribution in [0.15, 0.2) is 84.9 Å². The molecule has 0 saturated heterocycles. The number of hydrogen-bond acceptors (Lipinski definition) is 8. The van der Waals surface area contributed by atoms with Crippen LogP contribution in [0.1, 0.15) is 25.0 Å². The highest BCUT2D eigenvalue weighted by Gasteiger charge is 2.14. The van der Waals surface area contributed by atoms with Gasteiger partial charge in [0.1, 0.15) is 11.5 Å². The number of aromatic hydroxyl groups is 2. The van der Waals surface area contributed by atoms with Crippen LogP contribution in [0.25, 0.3) is 0 Å². The lowest BCUT2D eigenvalue weighted by Gasteiger charge is -2.11. The Balaban J connectivity index is 0.000000240. The molecule has 0 bridgehead atoms. The molecule has 4 amide bonds. The molecule has 44 heavy (non-hydrogen) atoms. The third kappa shape index (κ3) is 8.91. The molecule has 0 aliphatic carbocycles. The largest absolute Gasteiger partial charge is 0.506 e. The molecular weight excluding hydrogens is 572 g/mol. The monoisotopic (exact) mass is 602 g/mol. The Morgan fingerprint density at radius 2 is 0.932 bits per heavy atom. The van der Waals surface area contributed by atoms with Crippen LogP contribution < -0.4 is 21.3 Å². The number of non-ortho nitro benzene ring substituents is 2. The van der Waals surface area contributed by atoms with Crippen molar-refractivity contribution in [3.05, 3.63) is 116 Å². The molecule has 0 atom stereocenters. The van der Waals surface area contributed by atoms with Crippen LogP contribution in [0, 0.1) is 20.2 Å². The van der Waals surface area contributed by atoms with Gasteiger partial charge in [-0.1, -0.05) is 50.2 Å². The maximum atomic E-state index is 12.0. The van der Waals surface area contributed by atoms with Crippen LogP contribution in [-0.2, 0) is 12.8 Å². The molecule has 0 aliphatic heterocycles. The molecule has 0 spiro atoms. The van der Waals surface area contributed by atoms with Crippen molar-refractivity contribution in [3.8, 4) is 11.5 Å². The van der Waals surface area contributed by atoms with Gasteiger partial charge in [-0.05, 0) is 48.2 Å². The zero-order valence-corrected chi connectivity index (χ0v) is 23.7. The molecule has 4 aromatic rings. The van der Waals surface area contributed by atoms with Gasteiger partial charge in [0.15, 0.2) is 0 Å². The number of hydrogen-bond donors (Lipinski definition) is 6. The van der Waals surface area contributed by atoms with Gasteiger partial charge in [-0.15, -0.1) is 0 Å². The first-order valence-corrected chi connectivity index (χ1v) is 13.3. The number of benzene rings is 4. The Morgan fingerprint density at radius 1 is 0.591 bits per heavy atom. The number of urea groups is 2. The summed E-state index contributed by atoms with van der Waals surface area (Å²) in [5.41, 5.74) is 2.98. The van der Waals surface area contributed by atoms with E-state index in [1.165, 1.54) is 24.3 Å². The lowest BCUT2D eigenvalue weighted by atomic mass is 10.1. The maximum Gasteiger partial charge on any atom is 0.323 e. The van der Waals surface area contributed by atoms with Crippen molar-refractivity contribution >= 4 is 46.2 Å². The summed E-state index contributed by atoms with van der Waals surface area (Å²) < 4.78 is 0. The van der Waals surface area contributed by atoms with Gasteiger partial charge in [-0.3, -0.25) is 20.2 Å². The van der Waals surface area contributed by atoms with E-state index in [0.717, 1.165) is 36.1 Å². The predicted molar refractivity (Wildman–Crippen MR) is 166 cm³/mol. The minimum atomic E-state index is -0.624. The average molecular weight is 603 g/mol. The zero-order valence-electron chi connectivity index (χ0n) is 23.7. The van der Waals surface area contributed by atoms with Crippen LogP contribution in [0.3, 0.4) is 0 Å². The molecule has 4 aromatic carbocycles. The number of amides is 4. The first-order chi connectivity index (χ1) is 21.0. The standard InChI is InChI=1S/2C15H15N3O4/c2*1-2-10-5-3-4-6-12(10)16-15(20)17-13-8-7-11(18(21)22)9-14(13)19/h2*3-9,19H,2H2,1H3,(H2,16,17,20). The fourth-order valence-electron chi connectivity index (χ4n) is 3.93. The first kappa shape index (κ1) is 32.3. The number of para-hydroxylation sites is 2. The Hall–Kier alpha value is -6.18. The summed E-state index contributed by atoms with van der Waals surface area (Å²) in [5, 5.41) is 50.9. The minimum Gasteiger partial charge on any atom is -0.506 e. The van der Waals surface area contributed by atoms with E-state index < -0.39 is 21.9 Å². The van der Waals surface area contributed by atoms with Crippen LogP contribution in [0.4, 0.5) is 43.7 Å². The highest BCUT2D eigenvalue weighted by atomic mass is 16.6. The lowest BCUT2D eigenvalue weighted by molar-refractivity contribution is -0.385. The van der Waals surface area contributed by atoms with Crippen LogP contribution in [-0.4, -0.2) is 32.1 Å². The molecule has 14 heteroatoms. The second kappa shape index (κ2) is 15.2. The molecule has 0 unspecified atom stereocenters. The van der Waals surface area contributed by atoms with Crippen molar-refractivity contribution in [3.63, 3.8) is 0 Å². The van der Waals surface area contributed by atoms with Crippen molar-refractivity contribution in [1.29, 1.82) is 0 Å². The van der Waals surface area contributed by atoms with Gasteiger partial charge >= 0.3 is 12.1 Å². The van der Waals surface area contributed by atoms with E-state index in [9.17, 15) is 40.0 Å². The Labute approximate surface area is 251 Å². The van der Waals surface area contributed by atoms with E-state index in [2.05, 4.69) is 21.3 Å². The fraction of sp³-hybridized carbons (Fsp3) is 0.133.